The van der Waals surface area contributed by atoms with Crippen molar-refractivity contribution >= 4 is 50.5 Å². The molecule has 0 unspecified atom stereocenters. The quantitative estimate of drug-likeness (QED) is 0.422. The highest BCUT2D eigenvalue weighted by atomic mass is 32.2. The van der Waals surface area contributed by atoms with Gasteiger partial charge in [-0.15, -0.1) is 34.4 Å². The maximum absolute atomic E-state index is 11.4. The van der Waals surface area contributed by atoms with E-state index in [4.69, 9.17) is 9.72 Å². The van der Waals surface area contributed by atoms with E-state index in [2.05, 4.69) is 29.0 Å². The number of benzene rings is 1. The topological polar surface area (TPSA) is 59.4 Å². The summed E-state index contributed by atoms with van der Waals surface area (Å²) in [6.45, 7) is 2.23. The minimum Gasteiger partial charge on any atom is -0.479 e. The first-order chi connectivity index (χ1) is 13.7. The maximum Gasteiger partial charge on any atom is 0.333 e. The first-order valence-corrected chi connectivity index (χ1v) is 12.3. The number of rotatable bonds is 10. The Bertz CT molecular complexity index is 961. The van der Waals surface area contributed by atoms with Crippen molar-refractivity contribution in [2.75, 3.05) is 12.4 Å². The van der Waals surface area contributed by atoms with Crippen LogP contribution in [0.5, 0.6) is 0 Å². The fourth-order valence-corrected chi connectivity index (χ4v) is 6.28. The van der Waals surface area contributed by atoms with Gasteiger partial charge >= 0.3 is 5.97 Å². The van der Waals surface area contributed by atoms with Crippen molar-refractivity contribution in [2.45, 2.75) is 49.5 Å². The Morgan fingerprint density at radius 1 is 1.36 bits per heavy atom. The monoisotopic (exact) mass is 433 g/mol. The molecule has 28 heavy (non-hydrogen) atoms. The largest absolute Gasteiger partial charge is 0.479 e. The van der Waals surface area contributed by atoms with Crippen molar-refractivity contribution in [1.29, 1.82) is 0 Å². The summed E-state index contributed by atoms with van der Waals surface area (Å²) in [5.41, 5.74) is 2.25. The molecule has 0 saturated heterocycles. The zero-order valence-electron chi connectivity index (χ0n) is 15.7. The van der Waals surface area contributed by atoms with Gasteiger partial charge in [-0.05, 0) is 49.3 Å². The van der Waals surface area contributed by atoms with Crippen LogP contribution < -0.4 is 0 Å². The minimum absolute atomic E-state index is 0.397. The van der Waals surface area contributed by atoms with Gasteiger partial charge in [-0.2, -0.15) is 0 Å². The number of aromatic nitrogens is 1. The lowest BCUT2D eigenvalue weighted by molar-refractivity contribution is -0.149. The summed E-state index contributed by atoms with van der Waals surface area (Å²) in [5.74, 6) is 0.823. The van der Waals surface area contributed by atoms with Crippen LogP contribution in [0.25, 0.3) is 10.1 Å². The van der Waals surface area contributed by atoms with Crippen molar-refractivity contribution in [3.8, 4) is 0 Å². The molecule has 1 fully saturated rings. The van der Waals surface area contributed by atoms with Gasteiger partial charge in [0.15, 0.2) is 6.10 Å². The average molecular weight is 434 g/mol. The van der Waals surface area contributed by atoms with E-state index in [0.29, 0.717) is 13.0 Å². The molecule has 0 bridgehead atoms. The summed E-state index contributed by atoms with van der Waals surface area (Å²) < 4.78 is 6.56. The molecular formula is C21H23NO3S3. The number of aryl methyl sites for hydroxylation is 1. The molecular weight excluding hydrogens is 410 g/mol. The van der Waals surface area contributed by atoms with E-state index in [9.17, 15) is 9.90 Å². The van der Waals surface area contributed by atoms with Crippen molar-refractivity contribution in [3.63, 3.8) is 0 Å². The normalized spacial score (nSPS) is 15.2. The molecule has 2 heterocycles. The highest BCUT2D eigenvalue weighted by Gasteiger charge is 2.26. The summed E-state index contributed by atoms with van der Waals surface area (Å²) in [6.07, 6.45) is 3.19. The van der Waals surface area contributed by atoms with Crippen LogP contribution in [0.3, 0.4) is 0 Å². The molecule has 148 valence electrons. The maximum atomic E-state index is 11.4. The number of thiazole rings is 1. The first kappa shape index (κ1) is 19.9. The summed E-state index contributed by atoms with van der Waals surface area (Å²) in [6, 6.07) is 6.32. The van der Waals surface area contributed by atoms with E-state index in [-0.39, 0.29) is 0 Å². The molecule has 0 spiro atoms. The second-order valence-electron chi connectivity index (χ2n) is 6.92. The Balaban J connectivity index is 1.43. The van der Waals surface area contributed by atoms with Crippen LogP contribution >= 0.6 is 34.4 Å². The molecule has 1 aliphatic rings. The summed E-state index contributed by atoms with van der Waals surface area (Å²) in [7, 11) is 0. The summed E-state index contributed by atoms with van der Waals surface area (Å²) in [4.78, 5) is 17.5. The number of carbonyl (C=O) groups is 1. The number of carboxylic acid groups (broad SMARTS) is 1. The molecule has 3 aromatic rings. The molecule has 1 aliphatic carbocycles. The van der Waals surface area contributed by atoms with Gasteiger partial charge in [0.2, 0.25) is 0 Å². The SMILES string of the molecule is CCO[C@@H](Cc1ccc(SCCc2csc(C3CC3)n2)c2ccsc12)C(=O)O. The van der Waals surface area contributed by atoms with Crippen LogP contribution in [0.15, 0.2) is 33.9 Å². The smallest absolute Gasteiger partial charge is 0.333 e. The highest BCUT2D eigenvalue weighted by Crippen LogP contribution is 2.41. The van der Waals surface area contributed by atoms with E-state index in [1.807, 2.05) is 18.7 Å². The summed E-state index contributed by atoms with van der Waals surface area (Å²) >= 11 is 5.33. The molecule has 1 saturated carbocycles. The lowest BCUT2D eigenvalue weighted by Gasteiger charge is -2.14. The van der Waals surface area contributed by atoms with Gasteiger partial charge in [0.05, 0.1) is 10.7 Å². The van der Waals surface area contributed by atoms with Gasteiger partial charge in [0.1, 0.15) is 0 Å². The zero-order valence-corrected chi connectivity index (χ0v) is 18.2. The van der Waals surface area contributed by atoms with Gasteiger partial charge in [-0.3, -0.25) is 0 Å². The molecule has 1 atom stereocenters. The second kappa shape index (κ2) is 8.95. The van der Waals surface area contributed by atoms with E-state index in [1.165, 1.54) is 38.5 Å². The third-order valence-electron chi connectivity index (χ3n) is 4.82. The van der Waals surface area contributed by atoms with Crippen LogP contribution in [0.1, 0.15) is 41.9 Å². The summed E-state index contributed by atoms with van der Waals surface area (Å²) in [5, 5.41) is 16.2. The number of hydrogen-bond acceptors (Lipinski definition) is 6. The lowest BCUT2D eigenvalue weighted by atomic mass is 10.1. The average Bonchev–Trinajstić information content (AvgIpc) is 3.21. The van der Waals surface area contributed by atoms with E-state index >= 15 is 0 Å². The predicted octanol–water partition coefficient (Wildman–Crippen LogP) is 5.60. The van der Waals surface area contributed by atoms with Gasteiger partial charge in [-0.25, -0.2) is 9.78 Å². The van der Waals surface area contributed by atoms with Crippen LogP contribution in [0.2, 0.25) is 0 Å². The van der Waals surface area contributed by atoms with Crippen LogP contribution in [0, 0.1) is 0 Å². The number of fused-ring (bicyclic) bond motifs is 1. The van der Waals surface area contributed by atoms with Gasteiger partial charge in [-0.1, -0.05) is 6.07 Å². The van der Waals surface area contributed by atoms with E-state index < -0.39 is 12.1 Å². The molecule has 4 nitrogen and oxygen atoms in total. The zero-order chi connectivity index (χ0) is 19.5. The molecule has 0 radical (unpaired) electrons. The Labute approximate surface area is 177 Å². The van der Waals surface area contributed by atoms with Crippen LogP contribution in [-0.2, 0) is 22.4 Å². The predicted molar refractivity (Wildman–Crippen MR) is 117 cm³/mol. The number of hydrogen-bond donors (Lipinski definition) is 1. The van der Waals surface area contributed by atoms with E-state index in [1.54, 1.807) is 22.7 Å². The highest BCUT2D eigenvalue weighted by molar-refractivity contribution is 7.99. The fourth-order valence-electron chi connectivity index (χ4n) is 3.22. The number of ether oxygens (including phenoxy) is 1. The Kier molecular flexibility index (Phi) is 6.35. The third kappa shape index (κ3) is 4.59. The second-order valence-corrected chi connectivity index (χ2v) is 9.86. The van der Waals surface area contributed by atoms with Crippen molar-refractivity contribution in [3.05, 3.63) is 45.2 Å². The lowest BCUT2D eigenvalue weighted by Crippen LogP contribution is -2.26. The molecule has 1 aromatic carbocycles. The number of thioether (sulfide) groups is 1. The minimum atomic E-state index is -0.904. The van der Waals surface area contributed by atoms with Crippen LogP contribution in [-0.4, -0.2) is 34.5 Å². The number of aliphatic carboxylic acids is 1. The van der Waals surface area contributed by atoms with E-state index in [0.717, 1.165) is 23.7 Å². The number of nitrogens with zero attached hydrogens (tertiary/aromatic N) is 1. The van der Waals surface area contributed by atoms with Gasteiger partial charge < -0.3 is 9.84 Å². The van der Waals surface area contributed by atoms with Crippen molar-refractivity contribution in [1.82, 2.24) is 4.98 Å². The molecule has 2 aromatic heterocycles. The van der Waals surface area contributed by atoms with Crippen LogP contribution in [0.4, 0.5) is 0 Å². The molecule has 7 heteroatoms. The number of thiophene rings is 1. The van der Waals surface area contributed by atoms with Gasteiger partial charge in [0.25, 0.3) is 0 Å². The molecule has 0 amide bonds. The van der Waals surface area contributed by atoms with Crippen molar-refractivity contribution in [2.24, 2.45) is 0 Å². The molecule has 0 aliphatic heterocycles. The van der Waals surface area contributed by atoms with Gasteiger partial charge in [0, 0.05) is 45.1 Å². The third-order valence-corrected chi connectivity index (χ3v) is 7.94. The first-order valence-electron chi connectivity index (χ1n) is 9.56. The Morgan fingerprint density at radius 3 is 2.96 bits per heavy atom. The molecule has 4 rings (SSSR count). The Hall–Kier alpha value is -1.41. The number of carboxylic acids is 1. The Morgan fingerprint density at radius 2 is 2.21 bits per heavy atom. The van der Waals surface area contributed by atoms with Crippen molar-refractivity contribution < 1.29 is 14.6 Å². The standard InChI is InChI=1S/C21H23NO3S3/c1-2-25-17(21(23)24)11-14-5-6-18(16-8-10-27-19(14)16)26-9-7-15-12-28-20(22-15)13-3-4-13/h5-6,8,10,12-13,17H,2-4,7,9,11H2,1H3,(H,23,24)/t17-/m0/s1. The fraction of sp³-hybridized carbons (Fsp3) is 0.429. The molecule has 1 N–H and O–H groups in total.